The molecule has 0 spiro atoms. The van der Waals surface area contributed by atoms with Crippen LogP contribution in [-0.4, -0.2) is 19.1 Å². The highest BCUT2D eigenvalue weighted by Crippen LogP contribution is 2.25. The monoisotopic (exact) mass is 238 g/mol. The summed E-state index contributed by atoms with van der Waals surface area (Å²) >= 11 is 5.96. The van der Waals surface area contributed by atoms with Crippen LogP contribution in [0.3, 0.4) is 0 Å². The first-order valence-corrected chi connectivity index (χ1v) is 6.28. The minimum absolute atomic E-state index is 0.538. The van der Waals surface area contributed by atoms with Gasteiger partial charge in [-0.25, -0.2) is 0 Å². The first kappa shape index (κ1) is 11.7. The third kappa shape index (κ3) is 2.89. The third-order valence-corrected chi connectivity index (χ3v) is 3.13. The fourth-order valence-electron chi connectivity index (χ4n) is 2.01. The van der Waals surface area contributed by atoms with E-state index in [0.29, 0.717) is 12.0 Å². The molecule has 0 aliphatic carbocycles. The molecule has 1 unspecified atom stereocenters. The van der Waals surface area contributed by atoms with Gasteiger partial charge in [0.2, 0.25) is 0 Å². The summed E-state index contributed by atoms with van der Waals surface area (Å²) in [5.74, 6) is 0.701. The zero-order chi connectivity index (χ0) is 11.5. The van der Waals surface area contributed by atoms with Gasteiger partial charge in [-0.1, -0.05) is 31.5 Å². The lowest BCUT2D eigenvalue weighted by atomic mass is 9.99. The minimum Gasteiger partial charge on any atom is -0.383 e. The van der Waals surface area contributed by atoms with Gasteiger partial charge in [-0.15, -0.1) is 0 Å². The van der Waals surface area contributed by atoms with Crippen LogP contribution in [0.25, 0.3) is 0 Å². The fourth-order valence-corrected chi connectivity index (χ4v) is 2.18. The predicted molar refractivity (Wildman–Crippen MR) is 70.3 cm³/mol. The molecule has 1 atom stereocenters. The van der Waals surface area contributed by atoms with Gasteiger partial charge in [-0.2, -0.15) is 0 Å². The van der Waals surface area contributed by atoms with E-state index >= 15 is 0 Å². The third-order valence-electron chi connectivity index (χ3n) is 2.89. The Morgan fingerprint density at radius 2 is 2.31 bits per heavy atom. The Labute approximate surface area is 102 Å². The number of hydrogen-bond acceptors (Lipinski definition) is 2. The van der Waals surface area contributed by atoms with Crippen molar-refractivity contribution in [2.45, 2.75) is 26.3 Å². The van der Waals surface area contributed by atoms with Gasteiger partial charge >= 0.3 is 0 Å². The maximum Gasteiger partial charge on any atom is 0.0426 e. The van der Waals surface area contributed by atoms with Crippen LogP contribution in [0, 0.1) is 5.92 Å². The maximum absolute atomic E-state index is 5.96. The highest BCUT2D eigenvalue weighted by atomic mass is 35.5. The van der Waals surface area contributed by atoms with Crippen molar-refractivity contribution >= 4 is 17.3 Å². The first-order chi connectivity index (χ1) is 7.65. The van der Waals surface area contributed by atoms with Gasteiger partial charge in [0.05, 0.1) is 0 Å². The number of rotatable bonds is 3. The van der Waals surface area contributed by atoms with E-state index < -0.39 is 0 Å². The average molecular weight is 239 g/mol. The largest absolute Gasteiger partial charge is 0.383 e. The van der Waals surface area contributed by atoms with Crippen LogP contribution >= 0.6 is 11.6 Å². The van der Waals surface area contributed by atoms with Crippen LogP contribution < -0.4 is 10.6 Å². The van der Waals surface area contributed by atoms with E-state index in [4.69, 9.17) is 11.6 Å². The zero-order valence-corrected chi connectivity index (χ0v) is 10.6. The van der Waals surface area contributed by atoms with E-state index in [-0.39, 0.29) is 0 Å². The Morgan fingerprint density at radius 3 is 3.06 bits per heavy atom. The van der Waals surface area contributed by atoms with Gasteiger partial charge < -0.3 is 10.6 Å². The van der Waals surface area contributed by atoms with Crippen molar-refractivity contribution < 1.29 is 0 Å². The zero-order valence-electron chi connectivity index (χ0n) is 9.89. The number of fused-ring (bicyclic) bond motifs is 1. The Bertz CT molecular complexity index is 363. The molecule has 0 fully saturated rings. The normalized spacial score (nSPS) is 19.4. The summed E-state index contributed by atoms with van der Waals surface area (Å²) in [7, 11) is 0. The van der Waals surface area contributed by atoms with Crippen molar-refractivity contribution in [2.75, 3.05) is 18.4 Å². The molecular formula is C13H19ClN2. The summed E-state index contributed by atoms with van der Waals surface area (Å²) in [4.78, 5) is 0. The van der Waals surface area contributed by atoms with Crippen LogP contribution in [-0.2, 0) is 6.42 Å². The van der Waals surface area contributed by atoms with E-state index in [1.54, 1.807) is 0 Å². The molecule has 2 N–H and O–H groups in total. The molecule has 1 aromatic rings. The van der Waals surface area contributed by atoms with Crippen LogP contribution in [0.15, 0.2) is 18.2 Å². The molecule has 0 bridgehead atoms. The van der Waals surface area contributed by atoms with Crippen molar-refractivity contribution in [1.82, 2.24) is 5.32 Å². The Morgan fingerprint density at radius 1 is 1.50 bits per heavy atom. The van der Waals surface area contributed by atoms with E-state index in [0.717, 1.165) is 24.5 Å². The molecule has 1 aromatic carbocycles. The molecule has 0 aromatic heterocycles. The van der Waals surface area contributed by atoms with Crippen molar-refractivity contribution in [1.29, 1.82) is 0 Å². The predicted octanol–water partition coefficient (Wildman–Crippen LogP) is 2.92. The van der Waals surface area contributed by atoms with E-state index in [2.05, 4.69) is 30.5 Å². The molecule has 88 valence electrons. The average Bonchev–Trinajstić information content (AvgIpc) is 2.26. The van der Waals surface area contributed by atoms with Crippen LogP contribution in [0.4, 0.5) is 5.69 Å². The smallest absolute Gasteiger partial charge is 0.0426 e. The standard InChI is InChI=1S/C13H19ClN2/c1-9(2)7-15-12-5-10-3-4-11(14)6-13(10)16-8-12/h3-4,6,9,12,15-16H,5,7-8H2,1-2H3. The lowest BCUT2D eigenvalue weighted by Crippen LogP contribution is -2.41. The topological polar surface area (TPSA) is 24.1 Å². The summed E-state index contributed by atoms with van der Waals surface area (Å²) in [5.41, 5.74) is 2.55. The summed E-state index contributed by atoms with van der Waals surface area (Å²) in [6.07, 6.45) is 1.09. The summed E-state index contributed by atoms with van der Waals surface area (Å²) in [5, 5.41) is 7.82. The summed E-state index contributed by atoms with van der Waals surface area (Å²) < 4.78 is 0. The lowest BCUT2D eigenvalue weighted by molar-refractivity contribution is 0.465. The van der Waals surface area contributed by atoms with Crippen molar-refractivity contribution in [3.63, 3.8) is 0 Å². The molecule has 0 saturated heterocycles. The molecule has 0 radical (unpaired) electrons. The Balaban J connectivity index is 1.98. The van der Waals surface area contributed by atoms with Gasteiger partial charge in [0, 0.05) is 23.3 Å². The highest BCUT2D eigenvalue weighted by molar-refractivity contribution is 6.30. The highest BCUT2D eigenvalue weighted by Gasteiger charge is 2.17. The van der Waals surface area contributed by atoms with Crippen molar-refractivity contribution in [2.24, 2.45) is 5.92 Å². The second kappa shape index (κ2) is 5.07. The van der Waals surface area contributed by atoms with Gasteiger partial charge in [0.15, 0.2) is 0 Å². The van der Waals surface area contributed by atoms with Gasteiger partial charge in [-0.05, 0) is 36.6 Å². The molecule has 0 amide bonds. The Kier molecular flexibility index (Phi) is 3.72. The van der Waals surface area contributed by atoms with Gasteiger partial charge in [0.1, 0.15) is 0 Å². The SMILES string of the molecule is CC(C)CNC1CNc2cc(Cl)ccc2C1. The van der Waals surface area contributed by atoms with E-state index in [9.17, 15) is 0 Å². The number of anilines is 1. The molecule has 1 aliphatic heterocycles. The second-order valence-corrected chi connectivity index (χ2v) is 5.32. The number of benzene rings is 1. The molecule has 2 nitrogen and oxygen atoms in total. The quantitative estimate of drug-likeness (QED) is 0.846. The van der Waals surface area contributed by atoms with Crippen molar-refractivity contribution in [3.05, 3.63) is 28.8 Å². The molecule has 2 rings (SSSR count). The molecule has 1 heterocycles. The number of halogens is 1. The molecule has 0 saturated carbocycles. The second-order valence-electron chi connectivity index (χ2n) is 4.89. The van der Waals surface area contributed by atoms with Crippen LogP contribution in [0.1, 0.15) is 19.4 Å². The molecule has 3 heteroatoms. The van der Waals surface area contributed by atoms with E-state index in [1.807, 2.05) is 12.1 Å². The lowest BCUT2D eigenvalue weighted by Gasteiger charge is -2.27. The molecule has 16 heavy (non-hydrogen) atoms. The molecular weight excluding hydrogens is 220 g/mol. The van der Waals surface area contributed by atoms with Gasteiger partial charge in [-0.3, -0.25) is 0 Å². The fraction of sp³-hybridized carbons (Fsp3) is 0.538. The number of hydrogen-bond donors (Lipinski definition) is 2. The van der Waals surface area contributed by atoms with E-state index in [1.165, 1.54) is 11.3 Å². The maximum atomic E-state index is 5.96. The van der Waals surface area contributed by atoms with Crippen LogP contribution in [0.5, 0.6) is 0 Å². The van der Waals surface area contributed by atoms with Crippen molar-refractivity contribution in [3.8, 4) is 0 Å². The summed E-state index contributed by atoms with van der Waals surface area (Å²) in [6, 6.07) is 6.63. The molecule has 1 aliphatic rings. The first-order valence-electron chi connectivity index (χ1n) is 5.91. The Hall–Kier alpha value is -0.730. The minimum atomic E-state index is 0.538. The van der Waals surface area contributed by atoms with Crippen LogP contribution in [0.2, 0.25) is 5.02 Å². The number of nitrogens with one attached hydrogen (secondary N) is 2. The van der Waals surface area contributed by atoms with Gasteiger partial charge in [0.25, 0.3) is 0 Å². The summed E-state index contributed by atoms with van der Waals surface area (Å²) in [6.45, 7) is 6.53.